The number of piperidine rings is 1. The van der Waals surface area contributed by atoms with Crippen molar-refractivity contribution < 1.29 is 9.63 Å². The highest BCUT2D eigenvalue weighted by molar-refractivity contribution is 5.83. The van der Waals surface area contributed by atoms with Gasteiger partial charge in [-0.25, -0.2) is 4.98 Å². The van der Waals surface area contributed by atoms with Gasteiger partial charge in [0.25, 0.3) is 0 Å². The zero-order valence-corrected chi connectivity index (χ0v) is 18.4. The quantitative estimate of drug-likeness (QED) is 0.527. The topological polar surface area (TPSA) is 82.2 Å². The molecule has 30 heavy (non-hydrogen) atoms. The first-order valence-electron chi connectivity index (χ1n) is 11.4. The number of benzene rings is 1. The molecule has 2 aromatic rings. The van der Waals surface area contributed by atoms with E-state index >= 15 is 0 Å². The van der Waals surface area contributed by atoms with Crippen LogP contribution in [0.1, 0.15) is 95.6 Å². The first-order valence-corrected chi connectivity index (χ1v) is 11.4. The van der Waals surface area contributed by atoms with Crippen molar-refractivity contribution in [2.45, 2.75) is 84.2 Å². The van der Waals surface area contributed by atoms with Gasteiger partial charge in [-0.1, -0.05) is 39.2 Å². The van der Waals surface area contributed by atoms with E-state index in [1.54, 1.807) is 0 Å². The van der Waals surface area contributed by atoms with Crippen LogP contribution < -0.4 is 11.2 Å². The van der Waals surface area contributed by atoms with Crippen LogP contribution in [0.5, 0.6) is 0 Å². The third-order valence-corrected chi connectivity index (χ3v) is 6.64. The Morgan fingerprint density at radius 2 is 1.97 bits per heavy atom. The maximum Gasteiger partial charge on any atom is 0.220 e. The molecule has 6 nitrogen and oxygen atoms in total. The summed E-state index contributed by atoms with van der Waals surface area (Å²) in [6.45, 7) is 6.19. The summed E-state index contributed by atoms with van der Waals surface area (Å²) >= 11 is 0. The first kappa shape index (κ1) is 20.9. The number of hydrogen-bond donors (Lipinski definition) is 2. The molecule has 0 radical (unpaired) electrons. The van der Waals surface area contributed by atoms with Gasteiger partial charge in [0.1, 0.15) is 11.6 Å². The minimum atomic E-state index is -0.00162. The molecule has 162 valence electrons. The molecule has 1 saturated carbocycles. The highest BCUT2D eigenvalue weighted by atomic mass is 16.6. The summed E-state index contributed by atoms with van der Waals surface area (Å²) < 4.78 is 2.43. The monoisotopic (exact) mass is 410 g/mol. The van der Waals surface area contributed by atoms with E-state index in [1.165, 1.54) is 32.1 Å². The predicted octanol–water partition coefficient (Wildman–Crippen LogP) is 5.16. The zero-order chi connectivity index (χ0) is 21.3. The molecule has 1 aliphatic carbocycles. The third-order valence-electron chi connectivity index (χ3n) is 6.64. The molecule has 0 bridgehead atoms. The predicted molar refractivity (Wildman–Crippen MR) is 119 cm³/mol. The second-order valence-electron chi connectivity index (χ2n) is 9.09. The lowest BCUT2D eigenvalue weighted by molar-refractivity contribution is -0.123. The van der Waals surface area contributed by atoms with Gasteiger partial charge in [-0.15, -0.1) is 0 Å². The number of amides is 1. The molecule has 2 heterocycles. The van der Waals surface area contributed by atoms with Gasteiger partial charge in [0, 0.05) is 18.0 Å². The minimum Gasteiger partial charge on any atom is -0.416 e. The molecule has 3 N–H and O–H groups in total. The summed E-state index contributed by atoms with van der Waals surface area (Å²) in [6, 6.07) is 6.95. The van der Waals surface area contributed by atoms with Crippen LogP contribution in [0.2, 0.25) is 0 Å². The van der Waals surface area contributed by atoms with Gasteiger partial charge in [0.2, 0.25) is 5.91 Å². The maximum absolute atomic E-state index is 12.1. The van der Waals surface area contributed by atoms with Crippen LogP contribution in [0, 0.1) is 5.92 Å². The van der Waals surface area contributed by atoms with Gasteiger partial charge < -0.3 is 14.7 Å². The second kappa shape index (κ2) is 8.80. The lowest BCUT2D eigenvalue weighted by Gasteiger charge is -2.29. The van der Waals surface area contributed by atoms with Crippen LogP contribution in [0.25, 0.3) is 16.6 Å². The van der Waals surface area contributed by atoms with Crippen molar-refractivity contribution >= 4 is 22.5 Å². The van der Waals surface area contributed by atoms with Crippen LogP contribution in [0.3, 0.4) is 0 Å². The van der Waals surface area contributed by atoms with E-state index in [-0.39, 0.29) is 17.9 Å². The van der Waals surface area contributed by atoms with Gasteiger partial charge in [-0.2, -0.15) is 5.90 Å². The molecule has 1 atom stereocenters. The van der Waals surface area contributed by atoms with Crippen LogP contribution in [0.4, 0.5) is 0 Å². The SMILES string of the molecule is C/C(ON)=C(\c1ccc2c(c1)nc([C@@H]1CCCC(=O)N1)n2C1CCCCC1)C(C)C. The maximum atomic E-state index is 12.1. The van der Waals surface area contributed by atoms with Gasteiger partial charge in [-0.3, -0.25) is 4.79 Å². The number of imidazole rings is 1. The number of carbonyl (C=O) groups excluding carboxylic acids is 1. The Balaban J connectivity index is 1.84. The van der Waals surface area contributed by atoms with Crippen LogP contribution in [0.15, 0.2) is 24.0 Å². The average molecular weight is 411 g/mol. The summed E-state index contributed by atoms with van der Waals surface area (Å²) in [5, 5.41) is 3.19. The fourth-order valence-corrected chi connectivity index (χ4v) is 5.26. The van der Waals surface area contributed by atoms with Crippen LogP contribution in [-0.2, 0) is 9.63 Å². The Labute approximate surface area is 178 Å². The van der Waals surface area contributed by atoms with Crippen LogP contribution in [-0.4, -0.2) is 15.5 Å². The van der Waals surface area contributed by atoms with Gasteiger partial charge in [0.05, 0.1) is 17.1 Å². The van der Waals surface area contributed by atoms with Gasteiger partial charge in [0.15, 0.2) is 0 Å². The molecule has 1 amide bonds. The normalized spacial score (nSPS) is 21.6. The summed E-state index contributed by atoms with van der Waals surface area (Å²) in [7, 11) is 0. The van der Waals surface area contributed by atoms with E-state index in [2.05, 4.69) is 41.9 Å². The number of carbonyl (C=O) groups is 1. The molecule has 1 aliphatic heterocycles. The molecule has 0 spiro atoms. The number of hydrogen-bond acceptors (Lipinski definition) is 4. The van der Waals surface area contributed by atoms with Gasteiger partial charge >= 0.3 is 0 Å². The van der Waals surface area contributed by atoms with E-state index in [9.17, 15) is 4.79 Å². The molecule has 1 aromatic carbocycles. The van der Waals surface area contributed by atoms with E-state index in [0.717, 1.165) is 46.6 Å². The average Bonchev–Trinajstić information content (AvgIpc) is 3.13. The molecule has 1 saturated heterocycles. The van der Waals surface area contributed by atoms with Crippen molar-refractivity contribution in [2.75, 3.05) is 0 Å². The fourth-order valence-electron chi connectivity index (χ4n) is 5.26. The highest BCUT2D eigenvalue weighted by Gasteiger charge is 2.29. The number of aromatic nitrogens is 2. The minimum absolute atomic E-state index is 0.00162. The van der Waals surface area contributed by atoms with E-state index < -0.39 is 0 Å². The molecular weight excluding hydrogens is 376 g/mol. The van der Waals surface area contributed by atoms with Crippen molar-refractivity contribution in [1.29, 1.82) is 0 Å². The Hall–Kier alpha value is -2.34. The van der Waals surface area contributed by atoms with Gasteiger partial charge in [-0.05, 0) is 56.2 Å². The Bertz CT molecular complexity index is 954. The molecule has 2 aliphatic rings. The van der Waals surface area contributed by atoms with E-state index in [0.29, 0.717) is 12.5 Å². The standard InChI is InChI=1S/C24H34N4O2/c1-15(2)23(16(3)30-25)17-12-13-21-20(14-17)27-24(19-10-7-11-22(29)26-19)28(21)18-8-5-4-6-9-18/h12-15,18-19H,4-11,25H2,1-3H3,(H,26,29)/b23-16+/t19-/m0/s1. The summed E-state index contributed by atoms with van der Waals surface area (Å²) in [5.74, 6) is 7.64. The highest BCUT2D eigenvalue weighted by Crippen LogP contribution is 2.37. The number of nitrogens with one attached hydrogen (secondary N) is 1. The number of nitrogens with zero attached hydrogens (tertiary/aromatic N) is 2. The number of rotatable bonds is 5. The van der Waals surface area contributed by atoms with Crippen LogP contribution >= 0.6 is 0 Å². The summed E-state index contributed by atoms with van der Waals surface area (Å²) in [4.78, 5) is 22.3. The van der Waals surface area contributed by atoms with E-state index in [4.69, 9.17) is 15.7 Å². The molecule has 4 rings (SSSR count). The lowest BCUT2D eigenvalue weighted by Crippen LogP contribution is -2.34. The number of nitrogens with two attached hydrogens (primary N) is 1. The van der Waals surface area contributed by atoms with Crippen molar-refractivity contribution in [3.8, 4) is 0 Å². The Morgan fingerprint density at radius 1 is 1.20 bits per heavy atom. The summed E-state index contributed by atoms with van der Waals surface area (Å²) in [5.41, 5.74) is 4.33. The Kier molecular flexibility index (Phi) is 6.14. The van der Waals surface area contributed by atoms with Crippen molar-refractivity contribution in [3.63, 3.8) is 0 Å². The molecule has 2 fully saturated rings. The molecule has 0 unspecified atom stereocenters. The zero-order valence-electron chi connectivity index (χ0n) is 18.4. The first-order chi connectivity index (χ1) is 14.5. The summed E-state index contributed by atoms with van der Waals surface area (Å²) in [6.07, 6.45) is 8.66. The smallest absolute Gasteiger partial charge is 0.220 e. The molecular formula is C24H34N4O2. The van der Waals surface area contributed by atoms with Crippen molar-refractivity contribution in [2.24, 2.45) is 11.8 Å². The Morgan fingerprint density at radius 3 is 2.63 bits per heavy atom. The van der Waals surface area contributed by atoms with Crippen molar-refractivity contribution in [1.82, 2.24) is 14.9 Å². The molecule has 1 aromatic heterocycles. The van der Waals surface area contributed by atoms with Crippen molar-refractivity contribution in [3.05, 3.63) is 35.3 Å². The number of allylic oxidation sites excluding steroid dienone is 2. The third kappa shape index (κ3) is 3.97. The second-order valence-corrected chi connectivity index (χ2v) is 9.09. The number of fused-ring (bicyclic) bond motifs is 1. The van der Waals surface area contributed by atoms with E-state index in [1.807, 2.05) is 6.92 Å². The fraction of sp³-hybridized carbons (Fsp3) is 0.583. The lowest BCUT2D eigenvalue weighted by atomic mass is 9.93. The largest absolute Gasteiger partial charge is 0.416 e. The molecule has 6 heteroatoms.